The molecule has 2 rings (SSSR count). The zero-order valence-electron chi connectivity index (χ0n) is 14.9. The third-order valence-corrected chi connectivity index (χ3v) is 4.57. The molecule has 1 unspecified atom stereocenters. The number of aryl methyl sites for hydroxylation is 2. The number of carbonyl (C=O) groups is 2. The highest BCUT2D eigenvalue weighted by atomic mass is 16.6. The highest BCUT2D eigenvalue weighted by molar-refractivity contribution is 5.94. The normalized spacial score (nSPS) is 17.5. The number of nitrogens with zero attached hydrogens (tertiary/aromatic N) is 1. The van der Waals surface area contributed by atoms with Crippen molar-refractivity contribution in [1.29, 1.82) is 0 Å². The number of ether oxygens (including phenoxy) is 1. The van der Waals surface area contributed by atoms with Crippen LogP contribution in [0.15, 0.2) is 18.2 Å². The van der Waals surface area contributed by atoms with Crippen molar-refractivity contribution in [2.45, 2.75) is 46.5 Å². The molecular weight excluding hydrogens is 304 g/mol. The average Bonchev–Trinajstić information content (AvgIpc) is 2.62. The number of amides is 2. The number of nitrogens with one attached hydrogen (secondary N) is 1. The second kappa shape index (κ2) is 8.71. The molecule has 1 aromatic carbocycles. The maximum atomic E-state index is 12.7. The van der Waals surface area contributed by atoms with E-state index in [2.05, 4.69) is 31.3 Å². The molecular formula is C19H28N2O3. The minimum atomic E-state index is -0.321. The van der Waals surface area contributed by atoms with Gasteiger partial charge in [0.25, 0.3) is 0 Å². The first-order valence-corrected chi connectivity index (χ1v) is 8.93. The number of carbonyl (C=O) groups excluding carboxylic acids is 2. The maximum absolute atomic E-state index is 12.7. The lowest BCUT2D eigenvalue weighted by molar-refractivity contribution is -0.121. The summed E-state index contributed by atoms with van der Waals surface area (Å²) in [6, 6.07) is 6.15. The summed E-state index contributed by atoms with van der Waals surface area (Å²) in [7, 11) is 0. The van der Waals surface area contributed by atoms with Crippen molar-refractivity contribution in [2.24, 2.45) is 5.92 Å². The number of anilines is 1. The van der Waals surface area contributed by atoms with Gasteiger partial charge < -0.3 is 15.0 Å². The van der Waals surface area contributed by atoms with Gasteiger partial charge in [0.1, 0.15) is 0 Å². The SMILES string of the molecule is CCOC(=O)N1CCCC(C(=O)Nc2c(CC)cccc2CC)C1. The number of likely N-dealkylation sites (tertiary alicyclic amines) is 1. The van der Waals surface area contributed by atoms with Gasteiger partial charge >= 0.3 is 6.09 Å². The molecule has 5 nitrogen and oxygen atoms in total. The summed E-state index contributed by atoms with van der Waals surface area (Å²) in [6.45, 7) is 7.42. The molecule has 0 aliphatic carbocycles. The van der Waals surface area contributed by atoms with E-state index in [1.807, 2.05) is 6.07 Å². The molecule has 1 atom stereocenters. The maximum Gasteiger partial charge on any atom is 0.409 e. The smallest absolute Gasteiger partial charge is 0.409 e. The summed E-state index contributed by atoms with van der Waals surface area (Å²) < 4.78 is 5.06. The van der Waals surface area contributed by atoms with E-state index < -0.39 is 0 Å². The van der Waals surface area contributed by atoms with E-state index in [1.165, 1.54) is 0 Å². The monoisotopic (exact) mass is 332 g/mol. The molecule has 1 aromatic rings. The van der Waals surface area contributed by atoms with E-state index in [0.29, 0.717) is 19.7 Å². The highest BCUT2D eigenvalue weighted by Crippen LogP contribution is 2.25. The predicted molar refractivity (Wildman–Crippen MR) is 95.1 cm³/mol. The van der Waals surface area contributed by atoms with Crippen LogP contribution in [-0.2, 0) is 22.4 Å². The van der Waals surface area contributed by atoms with Crippen LogP contribution >= 0.6 is 0 Å². The van der Waals surface area contributed by atoms with Gasteiger partial charge in [-0.05, 0) is 43.7 Å². The molecule has 5 heteroatoms. The van der Waals surface area contributed by atoms with E-state index in [-0.39, 0.29) is 17.9 Å². The molecule has 0 bridgehead atoms. The summed E-state index contributed by atoms with van der Waals surface area (Å²) >= 11 is 0. The molecule has 1 saturated heterocycles. The summed E-state index contributed by atoms with van der Waals surface area (Å²) in [6.07, 6.45) is 3.06. The number of para-hydroxylation sites is 1. The van der Waals surface area contributed by atoms with Crippen LogP contribution in [0.5, 0.6) is 0 Å². The van der Waals surface area contributed by atoms with Crippen LogP contribution in [0.2, 0.25) is 0 Å². The van der Waals surface area contributed by atoms with Crippen LogP contribution in [0.1, 0.15) is 44.7 Å². The average molecular weight is 332 g/mol. The van der Waals surface area contributed by atoms with Gasteiger partial charge in [0.05, 0.1) is 12.5 Å². The number of benzene rings is 1. The van der Waals surface area contributed by atoms with Crippen molar-refractivity contribution in [3.05, 3.63) is 29.3 Å². The standard InChI is InChI=1S/C19H28N2O3/c1-4-14-9-7-10-15(5-2)17(14)20-18(22)16-11-8-12-21(13-16)19(23)24-6-3/h7,9-10,16H,4-6,8,11-13H2,1-3H3,(H,20,22). The Bertz CT molecular complexity index is 564. The largest absolute Gasteiger partial charge is 0.450 e. The van der Waals surface area contributed by atoms with Crippen LogP contribution in [0.25, 0.3) is 0 Å². The molecule has 0 radical (unpaired) electrons. The number of piperidine rings is 1. The molecule has 2 amide bonds. The Hall–Kier alpha value is -2.04. The Morgan fingerprint density at radius 1 is 1.21 bits per heavy atom. The van der Waals surface area contributed by atoms with E-state index in [1.54, 1.807) is 11.8 Å². The van der Waals surface area contributed by atoms with Gasteiger partial charge in [-0.3, -0.25) is 4.79 Å². The Morgan fingerprint density at radius 2 is 1.88 bits per heavy atom. The van der Waals surface area contributed by atoms with Crippen LogP contribution < -0.4 is 5.32 Å². The quantitative estimate of drug-likeness (QED) is 0.896. The Labute approximate surface area is 144 Å². The molecule has 0 aromatic heterocycles. The van der Waals surface area contributed by atoms with Crippen LogP contribution in [-0.4, -0.2) is 36.6 Å². The van der Waals surface area contributed by atoms with E-state index >= 15 is 0 Å². The first-order chi connectivity index (χ1) is 11.6. The molecule has 1 heterocycles. The summed E-state index contributed by atoms with van der Waals surface area (Å²) in [4.78, 5) is 26.3. The summed E-state index contributed by atoms with van der Waals surface area (Å²) in [5.41, 5.74) is 3.25. The van der Waals surface area contributed by atoms with Crippen LogP contribution in [0.4, 0.5) is 10.5 Å². The van der Waals surface area contributed by atoms with E-state index in [0.717, 1.165) is 42.5 Å². The lowest BCUT2D eigenvalue weighted by atomic mass is 9.96. The molecule has 0 saturated carbocycles. The molecule has 1 aliphatic heterocycles. The predicted octanol–water partition coefficient (Wildman–Crippen LogP) is 3.62. The van der Waals surface area contributed by atoms with E-state index in [4.69, 9.17) is 4.74 Å². The first kappa shape index (κ1) is 18.3. The molecule has 0 spiro atoms. The zero-order chi connectivity index (χ0) is 17.5. The summed E-state index contributed by atoms with van der Waals surface area (Å²) in [5, 5.41) is 3.12. The fourth-order valence-electron chi connectivity index (χ4n) is 3.20. The summed E-state index contributed by atoms with van der Waals surface area (Å²) in [5.74, 6) is -0.183. The van der Waals surface area contributed by atoms with Crippen molar-refractivity contribution in [3.63, 3.8) is 0 Å². The first-order valence-electron chi connectivity index (χ1n) is 8.93. The van der Waals surface area contributed by atoms with Gasteiger partial charge in [0.15, 0.2) is 0 Å². The number of rotatable bonds is 5. The second-order valence-corrected chi connectivity index (χ2v) is 6.13. The molecule has 24 heavy (non-hydrogen) atoms. The molecule has 1 aliphatic rings. The van der Waals surface area contributed by atoms with Gasteiger partial charge in [0.2, 0.25) is 5.91 Å². The fourth-order valence-corrected chi connectivity index (χ4v) is 3.20. The van der Waals surface area contributed by atoms with Gasteiger partial charge in [-0.25, -0.2) is 4.79 Å². The van der Waals surface area contributed by atoms with Crippen molar-refractivity contribution in [1.82, 2.24) is 4.90 Å². The Kier molecular flexibility index (Phi) is 6.64. The molecule has 132 valence electrons. The second-order valence-electron chi connectivity index (χ2n) is 6.13. The zero-order valence-corrected chi connectivity index (χ0v) is 14.9. The third kappa shape index (κ3) is 4.28. The van der Waals surface area contributed by atoms with Crippen molar-refractivity contribution in [3.8, 4) is 0 Å². The van der Waals surface area contributed by atoms with Crippen molar-refractivity contribution in [2.75, 3.05) is 25.0 Å². The highest BCUT2D eigenvalue weighted by Gasteiger charge is 2.29. The van der Waals surface area contributed by atoms with Gasteiger partial charge in [-0.1, -0.05) is 32.0 Å². The minimum Gasteiger partial charge on any atom is -0.450 e. The van der Waals surface area contributed by atoms with Gasteiger partial charge in [0, 0.05) is 18.8 Å². The Balaban J connectivity index is 2.08. The molecule has 1 fully saturated rings. The lowest BCUT2D eigenvalue weighted by Crippen LogP contribution is -2.44. The van der Waals surface area contributed by atoms with Gasteiger partial charge in [-0.2, -0.15) is 0 Å². The van der Waals surface area contributed by atoms with Crippen LogP contribution in [0, 0.1) is 5.92 Å². The third-order valence-electron chi connectivity index (χ3n) is 4.57. The fraction of sp³-hybridized carbons (Fsp3) is 0.579. The van der Waals surface area contributed by atoms with Crippen molar-refractivity contribution < 1.29 is 14.3 Å². The number of hydrogen-bond donors (Lipinski definition) is 1. The topological polar surface area (TPSA) is 58.6 Å². The minimum absolute atomic E-state index is 0.000372. The molecule has 1 N–H and O–H groups in total. The number of hydrogen-bond acceptors (Lipinski definition) is 3. The van der Waals surface area contributed by atoms with E-state index in [9.17, 15) is 9.59 Å². The van der Waals surface area contributed by atoms with Gasteiger partial charge in [-0.15, -0.1) is 0 Å². The van der Waals surface area contributed by atoms with Crippen LogP contribution in [0.3, 0.4) is 0 Å². The van der Waals surface area contributed by atoms with Crippen molar-refractivity contribution >= 4 is 17.7 Å². The Morgan fingerprint density at radius 3 is 2.46 bits per heavy atom. The lowest BCUT2D eigenvalue weighted by Gasteiger charge is -2.31.